The first-order chi connectivity index (χ1) is 10.6. The molecule has 3 rings (SSSR count). The summed E-state index contributed by atoms with van der Waals surface area (Å²) >= 11 is 1.63. The zero-order valence-electron chi connectivity index (χ0n) is 12.7. The standard InChI is InChI=1S/C17H21N3OS/c1-11-10-22-17(19-11)12-5-7-15(8-6-12)20-16(21)13-3-2-4-14(18)9-13/h5-8,10,13-14H,2-4,9,18H2,1H3,(H,20,21). The van der Waals surface area contributed by atoms with Gasteiger partial charge in [0.05, 0.1) is 0 Å². The van der Waals surface area contributed by atoms with E-state index in [-0.39, 0.29) is 17.9 Å². The van der Waals surface area contributed by atoms with Gasteiger partial charge in [0.2, 0.25) is 5.91 Å². The highest BCUT2D eigenvalue weighted by atomic mass is 32.1. The third-order valence-electron chi connectivity index (χ3n) is 4.10. The van der Waals surface area contributed by atoms with Crippen molar-refractivity contribution < 1.29 is 4.79 Å². The largest absolute Gasteiger partial charge is 0.328 e. The van der Waals surface area contributed by atoms with E-state index < -0.39 is 0 Å². The second kappa shape index (κ2) is 6.58. The number of hydrogen-bond acceptors (Lipinski definition) is 4. The van der Waals surface area contributed by atoms with E-state index in [9.17, 15) is 4.79 Å². The van der Waals surface area contributed by atoms with E-state index in [2.05, 4.69) is 10.3 Å². The average molecular weight is 315 g/mol. The van der Waals surface area contributed by atoms with E-state index >= 15 is 0 Å². The molecule has 1 amide bonds. The van der Waals surface area contributed by atoms with E-state index in [1.165, 1.54) is 0 Å². The molecule has 0 saturated heterocycles. The minimum atomic E-state index is 0.0463. The molecule has 0 aliphatic heterocycles. The van der Waals surface area contributed by atoms with E-state index in [0.717, 1.165) is 47.6 Å². The average Bonchev–Trinajstić information content (AvgIpc) is 2.94. The Morgan fingerprint density at radius 2 is 2.09 bits per heavy atom. The lowest BCUT2D eigenvalue weighted by molar-refractivity contribution is -0.120. The zero-order chi connectivity index (χ0) is 15.5. The van der Waals surface area contributed by atoms with Gasteiger partial charge in [-0.2, -0.15) is 0 Å². The van der Waals surface area contributed by atoms with Crippen LogP contribution < -0.4 is 11.1 Å². The highest BCUT2D eigenvalue weighted by Gasteiger charge is 2.25. The van der Waals surface area contributed by atoms with Crippen molar-refractivity contribution in [2.75, 3.05) is 5.32 Å². The van der Waals surface area contributed by atoms with Gasteiger partial charge in [0.1, 0.15) is 5.01 Å². The molecule has 5 heteroatoms. The zero-order valence-corrected chi connectivity index (χ0v) is 13.5. The second-order valence-electron chi connectivity index (χ2n) is 5.98. The smallest absolute Gasteiger partial charge is 0.227 e. The highest BCUT2D eigenvalue weighted by Crippen LogP contribution is 2.27. The number of aryl methyl sites for hydroxylation is 1. The Labute approximate surface area is 134 Å². The van der Waals surface area contributed by atoms with Crippen LogP contribution in [0.4, 0.5) is 5.69 Å². The van der Waals surface area contributed by atoms with Gasteiger partial charge in [-0.1, -0.05) is 6.42 Å². The van der Waals surface area contributed by atoms with Crippen molar-refractivity contribution in [1.82, 2.24) is 4.98 Å². The van der Waals surface area contributed by atoms with Crippen LogP contribution in [0.5, 0.6) is 0 Å². The number of anilines is 1. The fraction of sp³-hybridized carbons (Fsp3) is 0.412. The number of nitrogens with zero attached hydrogens (tertiary/aromatic N) is 1. The number of rotatable bonds is 3. The molecule has 1 aromatic carbocycles. The lowest BCUT2D eigenvalue weighted by Crippen LogP contribution is -2.34. The molecule has 0 radical (unpaired) electrons. The van der Waals surface area contributed by atoms with Crippen molar-refractivity contribution >= 4 is 22.9 Å². The molecule has 0 bridgehead atoms. The van der Waals surface area contributed by atoms with Crippen LogP contribution in [-0.2, 0) is 4.79 Å². The molecule has 1 saturated carbocycles. The molecule has 1 heterocycles. The first-order valence-electron chi connectivity index (χ1n) is 7.71. The number of carbonyl (C=O) groups is 1. The van der Waals surface area contributed by atoms with Gasteiger partial charge in [-0.3, -0.25) is 4.79 Å². The van der Waals surface area contributed by atoms with Crippen LogP contribution in [0.15, 0.2) is 29.6 Å². The monoisotopic (exact) mass is 315 g/mol. The Bertz CT molecular complexity index is 650. The molecule has 2 unspecified atom stereocenters. The van der Waals surface area contributed by atoms with Gasteiger partial charge in [0.25, 0.3) is 0 Å². The summed E-state index contributed by atoms with van der Waals surface area (Å²) in [7, 11) is 0. The van der Waals surface area contributed by atoms with Gasteiger partial charge in [-0.15, -0.1) is 11.3 Å². The fourth-order valence-electron chi connectivity index (χ4n) is 2.89. The molecule has 22 heavy (non-hydrogen) atoms. The summed E-state index contributed by atoms with van der Waals surface area (Å²) in [6.45, 7) is 1.99. The maximum Gasteiger partial charge on any atom is 0.227 e. The Balaban J connectivity index is 1.64. The van der Waals surface area contributed by atoms with Gasteiger partial charge in [0.15, 0.2) is 0 Å². The number of hydrogen-bond donors (Lipinski definition) is 2. The lowest BCUT2D eigenvalue weighted by Gasteiger charge is -2.25. The molecular formula is C17H21N3OS. The van der Waals surface area contributed by atoms with Crippen LogP contribution in [0, 0.1) is 12.8 Å². The molecule has 2 atom stereocenters. The maximum atomic E-state index is 12.3. The molecule has 4 nitrogen and oxygen atoms in total. The Hall–Kier alpha value is -1.72. The fourth-order valence-corrected chi connectivity index (χ4v) is 3.70. The molecule has 1 aliphatic rings. The van der Waals surface area contributed by atoms with E-state index in [1.54, 1.807) is 11.3 Å². The third-order valence-corrected chi connectivity index (χ3v) is 5.11. The minimum absolute atomic E-state index is 0.0463. The molecular weight excluding hydrogens is 294 g/mol. The van der Waals surface area contributed by atoms with E-state index in [0.29, 0.717) is 0 Å². The van der Waals surface area contributed by atoms with Crippen molar-refractivity contribution in [3.8, 4) is 10.6 Å². The first kappa shape index (κ1) is 15.2. The number of nitrogens with one attached hydrogen (secondary N) is 1. The van der Waals surface area contributed by atoms with Crippen molar-refractivity contribution in [1.29, 1.82) is 0 Å². The third kappa shape index (κ3) is 3.54. The molecule has 0 spiro atoms. The van der Waals surface area contributed by atoms with Crippen LogP contribution in [0.2, 0.25) is 0 Å². The minimum Gasteiger partial charge on any atom is -0.328 e. The van der Waals surface area contributed by atoms with Crippen LogP contribution in [0.1, 0.15) is 31.4 Å². The van der Waals surface area contributed by atoms with Gasteiger partial charge < -0.3 is 11.1 Å². The summed E-state index contributed by atoms with van der Waals surface area (Å²) < 4.78 is 0. The quantitative estimate of drug-likeness (QED) is 0.909. The number of carbonyl (C=O) groups excluding carboxylic acids is 1. The normalized spacial score (nSPS) is 21.5. The summed E-state index contributed by atoms with van der Waals surface area (Å²) in [6, 6.07) is 8.04. The van der Waals surface area contributed by atoms with Gasteiger partial charge in [-0.05, 0) is 50.5 Å². The Morgan fingerprint density at radius 3 is 2.73 bits per heavy atom. The summed E-state index contributed by atoms with van der Waals surface area (Å²) in [4.78, 5) is 16.8. The topological polar surface area (TPSA) is 68.0 Å². The number of thiazole rings is 1. The Morgan fingerprint density at radius 1 is 1.32 bits per heavy atom. The lowest BCUT2D eigenvalue weighted by atomic mass is 9.85. The SMILES string of the molecule is Cc1csc(-c2ccc(NC(=O)C3CCCC(N)C3)cc2)n1. The van der Waals surface area contributed by atoms with Crippen LogP contribution in [0.25, 0.3) is 10.6 Å². The van der Waals surface area contributed by atoms with Crippen LogP contribution in [0.3, 0.4) is 0 Å². The van der Waals surface area contributed by atoms with Gasteiger partial charge in [0, 0.05) is 34.3 Å². The second-order valence-corrected chi connectivity index (χ2v) is 6.84. The molecule has 1 aliphatic carbocycles. The van der Waals surface area contributed by atoms with Crippen molar-refractivity contribution in [3.63, 3.8) is 0 Å². The van der Waals surface area contributed by atoms with E-state index in [1.807, 2.05) is 36.6 Å². The van der Waals surface area contributed by atoms with Crippen LogP contribution >= 0.6 is 11.3 Å². The molecule has 3 N–H and O–H groups in total. The number of aromatic nitrogens is 1. The molecule has 1 aromatic heterocycles. The molecule has 1 fully saturated rings. The highest BCUT2D eigenvalue weighted by molar-refractivity contribution is 7.13. The van der Waals surface area contributed by atoms with Gasteiger partial charge in [-0.25, -0.2) is 4.98 Å². The predicted molar refractivity (Wildman–Crippen MR) is 90.9 cm³/mol. The van der Waals surface area contributed by atoms with Crippen LogP contribution in [-0.4, -0.2) is 16.9 Å². The molecule has 2 aromatic rings. The Kier molecular flexibility index (Phi) is 4.55. The van der Waals surface area contributed by atoms with E-state index in [4.69, 9.17) is 5.73 Å². The van der Waals surface area contributed by atoms with Gasteiger partial charge >= 0.3 is 0 Å². The number of benzene rings is 1. The summed E-state index contributed by atoms with van der Waals surface area (Å²) in [6.07, 6.45) is 3.81. The summed E-state index contributed by atoms with van der Waals surface area (Å²) in [5.74, 6) is 0.137. The number of amides is 1. The summed E-state index contributed by atoms with van der Waals surface area (Å²) in [5, 5.41) is 6.05. The van der Waals surface area contributed by atoms with Crippen molar-refractivity contribution in [2.45, 2.75) is 38.6 Å². The maximum absolute atomic E-state index is 12.3. The molecule has 116 valence electrons. The van der Waals surface area contributed by atoms with Crippen molar-refractivity contribution in [3.05, 3.63) is 35.3 Å². The van der Waals surface area contributed by atoms with Crippen molar-refractivity contribution in [2.24, 2.45) is 11.7 Å². The summed E-state index contributed by atoms with van der Waals surface area (Å²) in [5.41, 5.74) is 8.90. The predicted octanol–water partition coefficient (Wildman–Crippen LogP) is 3.57. The first-order valence-corrected chi connectivity index (χ1v) is 8.59. The number of nitrogens with two attached hydrogens (primary N) is 1.